The highest BCUT2D eigenvalue weighted by Gasteiger charge is 2.30. The fourth-order valence-corrected chi connectivity index (χ4v) is 5.74. The SMILES string of the molecule is CC(C)C(=CS(O)(O)C1=NCCc2nc(-c3ccccc3)sc21)C(=O)NO. The summed E-state index contributed by atoms with van der Waals surface area (Å²) >= 11 is 1.35. The minimum absolute atomic E-state index is 0.0834. The lowest BCUT2D eigenvalue weighted by Crippen LogP contribution is -2.25. The Hall–Kier alpha value is -2.04. The van der Waals surface area contributed by atoms with Gasteiger partial charge in [-0.1, -0.05) is 44.2 Å². The monoisotopic (exact) mass is 407 g/mol. The van der Waals surface area contributed by atoms with E-state index in [0.717, 1.165) is 21.7 Å². The topological polar surface area (TPSA) is 115 Å². The maximum Gasteiger partial charge on any atom is 0.272 e. The molecule has 0 unspecified atom stereocenters. The van der Waals surface area contributed by atoms with Crippen molar-refractivity contribution in [3.05, 3.63) is 51.9 Å². The predicted molar refractivity (Wildman–Crippen MR) is 108 cm³/mol. The first-order chi connectivity index (χ1) is 12.8. The number of nitrogens with one attached hydrogen (secondary N) is 1. The van der Waals surface area contributed by atoms with E-state index in [1.807, 2.05) is 30.3 Å². The largest absolute Gasteiger partial charge is 0.289 e. The van der Waals surface area contributed by atoms with E-state index in [1.165, 1.54) is 11.3 Å². The highest BCUT2D eigenvalue weighted by atomic mass is 32.3. The van der Waals surface area contributed by atoms with Crippen LogP contribution >= 0.6 is 21.9 Å². The van der Waals surface area contributed by atoms with Crippen LogP contribution in [0.3, 0.4) is 0 Å². The number of aliphatic imine (C=N–C) groups is 1. The molecule has 7 nitrogen and oxygen atoms in total. The number of aromatic nitrogens is 1. The maximum absolute atomic E-state index is 11.9. The molecular formula is C18H21N3O4S2. The van der Waals surface area contributed by atoms with Crippen molar-refractivity contribution in [1.29, 1.82) is 0 Å². The van der Waals surface area contributed by atoms with Crippen LogP contribution in [0.1, 0.15) is 24.4 Å². The van der Waals surface area contributed by atoms with Gasteiger partial charge in [0.1, 0.15) is 5.01 Å². The summed E-state index contributed by atoms with van der Waals surface area (Å²) in [5.41, 5.74) is 3.36. The highest BCUT2D eigenvalue weighted by molar-refractivity contribution is 8.39. The van der Waals surface area contributed by atoms with Crippen molar-refractivity contribution >= 4 is 32.9 Å². The van der Waals surface area contributed by atoms with Gasteiger partial charge < -0.3 is 0 Å². The highest BCUT2D eigenvalue weighted by Crippen LogP contribution is 2.49. The van der Waals surface area contributed by atoms with Crippen molar-refractivity contribution in [2.24, 2.45) is 10.9 Å². The zero-order chi connectivity index (χ0) is 19.6. The number of hydrogen-bond donors (Lipinski definition) is 4. The number of hydrogen-bond acceptors (Lipinski definition) is 7. The second-order valence-corrected chi connectivity index (χ2v) is 9.17. The molecule has 1 aliphatic rings. The van der Waals surface area contributed by atoms with E-state index in [9.17, 15) is 13.9 Å². The molecule has 1 amide bonds. The molecule has 1 aromatic carbocycles. The Bertz CT molecular complexity index is 905. The van der Waals surface area contributed by atoms with E-state index in [0.29, 0.717) is 17.8 Å². The van der Waals surface area contributed by atoms with Gasteiger partial charge in [-0.2, -0.15) is 0 Å². The summed E-state index contributed by atoms with van der Waals surface area (Å²) < 4.78 is 21.6. The van der Waals surface area contributed by atoms with Crippen LogP contribution in [0.2, 0.25) is 0 Å². The van der Waals surface area contributed by atoms with Crippen LogP contribution < -0.4 is 5.48 Å². The molecule has 2 aromatic rings. The third kappa shape index (κ3) is 4.12. The smallest absolute Gasteiger partial charge is 0.272 e. The van der Waals surface area contributed by atoms with Crippen molar-refractivity contribution in [2.45, 2.75) is 20.3 Å². The van der Waals surface area contributed by atoms with Gasteiger partial charge in [-0.05, 0) is 5.92 Å². The van der Waals surface area contributed by atoms with Crippen molar-refractivity contribution in [2.75, 3.05) is 6.54 Å². The first kappa shape index (κ1) is 19.7. The van der Waals surface area contributed by atoms with Crippen molar-refractivity contribution in [1.82, 2.24) is 10.5 Å². The predicted octanol–water partition coefficient (Wildman–Crippen LogP) is 3.91. The lowest BCUT2D eigenvalue weighted by Gasteiger charge is -2.32. The molecule has 144 valence electrons. The lowest BCUT2D eigenvalue weighted by atomic mass is 10.1. The van der Waals surface area contributed by atoms with Crippen molar-refractivity contribution in [3.8, 4) is 10.6 Å². The first-order valence-electron chi connectivity index (χ1n) is 8.37. The van der Waals surface area contributed by atoms with Gasteiger partial charge in [-0.3, -0.25) is 24.1 Å². The number of fused-ring (bicyclic) bond motifs is 1. The Morgan fingerprint density at radius 2 is 2.00 bits per heavy atom. The van der Waals surface area contributed by atoms with Crippen LogP contribution in [0.4, 0.5) is 0 Å². The molecule has 27 heavy (non-hydrogen) atoms. The van der Waals surface area contributed by atoms with E-state index in [-0.39, 0.29) is 16.5 Å². The summed E-state index contributed by atoms with van der Waals surface area (Å²) in [7, 11) is -3.48. The van der Waals surface area contributed by atoms with E-state index < -0.39 is 16.5 Å². The Morgan fingerprint density at radius 3 is 2.63 bits per heavy atom. The molecule has 4 N–H and O–H groups in total. The summed E-state index contributed by atoms with van der Waals surface area (Å²) in [6.45, 7) is 3.85. The quantitative estimate of drug-likeness (QED) is 0.348. The van der Waals surface area contributed by atoms with E-state index >= 15 is 0 Å². The van der Waals surface area contributed by atoms with Gasteiger partial charge in [0.05, 0.1) is 10.6 Å². The van der Waals surface area contributed by atoms with Gasteiger partial charge in [-0.15, -0.1) is 21.9 Å². The van der Waals surface area contributed by atoms with Crippen molar-refractivity contribution < 1.29 is 19.1 Å². The molecule has 3 rings (SSSR count). The average molecular weight is 408 g/mol. The second-order valence-electron chi connectivity index (χ2n) is 6.36. The van der Waals surface area contributed by atoms with E-state index in [1.54, 1.807) is 19.3 Å². The summed E-state index contributed by atoms with van der Waals surface area (Å²) in [6.07, 6.45) is 0.621. The third-order valence-electron chi connectivity index (χ3n) is 4.08. The Morgan fingerprint density at radius 1 is 1.30 bits per heavy atom. The molecule has 0 radical (unpaired) electrons. The van der Waals surface area contributed by atoms with Gasteiger partial charge in [-0.25, -0.2) is 10.5 Å². The van der Waals surface area contributed by atoms with Crippen LogP contribution in [0.25, 0.3) is 10.6 Å². The van der Waals surface area contributed by atoms with Gasteiger partial charge in [0.15, 0.2) is 5.04 Å². The van der Waals surface area contributed by atoms with Crippen LogP contribution in [-0.4, -0.2) is 36.8 Å². The summed E-state index contributed by atoms with van der Waals surface area (Å²) in [5.74, 6) is -1.08. The molecule has 0 spiro atoms. The zero-order valence-corrected chi connectivity index (χ0v) is 16.5. The standard InChI is InChI=1S/C18H21N3O4S2/c1-11(2)13(16(22)21-23)10-27(24,25)18-15-14(8-9-19-18)20-17(26-15)12-6-4-3-5-7-12/h3-7,10-11,23-25H,8-9H2,1-2H3,(H,21,22). The Labute approximate surface area is 162 Å². The van der Waals surface area contributed by atoms with Crippen LogP contribution in [0, 0.1) is 5.92 Å². The molecule has 0 saturated carbocycles. The average Bonchev–Trinajstić information content (AvgIpc) is 3.10. The number of thiazole rings is 1. The number of amides is 1. The molecule has 0 saturated heterocycles. The molecule has 0 fully saturated rings. The molecule has 1 aliphatic heterocycles. The number of rotatable bonds is 4. The molecule has 0 atom stereocenters. The lowest BCUT2D eigenvalue weighted by molar-refractivity contribution is -0.125. The molecular weight excluding hydrogens is 386 g/mol. The summed E-state index contributed by atoms with van der Waals surface area (Å²) in [5, 5.41) is 11.0. The number of benzene rings is 1. The Balaban J connectivity index is 2.02. The molecule has 0 aliphatic carbocycles. The number of carbonyl (C=O) groups excluding carboxylic acids is 1. The van der Waals surface area contributed by atoms with Gasteiger partial charge in [0, 0.05) is 29.5 Å². The number of carbonyl (C=O) groups is 1. The third-order valence-corrected chi connectivity index (χ3v) is 6.85. The van der Waals surface area contributed by atoms with Crippen molar-refractivity contribution in [3.63, 3.8) is 0 Å². The maximum atomic E-state index is 11.9. The first-order valence-corrected chi connectivity index (χ1v) is 10.8. The fraction of sp³-hybridized carbons (Fsp3) is 0.278. The zero-order valence-electron chi connectivity index (χ0n) is 14.9. The second kappa shape index (κ2) is 7.91. The van der Waals surface area contributed by atoms with Gasteiger partial charge >= 0.3 is 0 Å². The van der Waals surface area contributed by atoms with Crippen LogP contribution in [0.5, 0.6) is 0 Å². The molecule has 0 bridgehead atoms. The normalized spacial score (nSPS) is 15.3. The van der Waals surface area contributed by atoms with E-state index in [4.69, 9.17) is 5.21 Å². The van der Waals surface area contributed by atoms with Crippen LogP contribution in [0.15, 0.2) is 46.3 Å². The summed E-state index contributed by atoms with van der Waals surface area (Å²) in [6, 6.07) is 9.65. The number of hydroxylamine groups is 1. The molecule has 1 aromatic heterocycles. The summed E-state index contributed by atoms with van der Waals surface area (Å²) in [4.78, 5) is 21.5. The van der Waals surface area contributed by atoms with Gasteiger partial charge in [0.2, 0.25) is 0 Å². The Kier molecular flexibility index (Phi) is 5.78. The minimum Gasteiger partial charge on any atom is -0.289 e. The van der Waals surface area contributed by atoms with Crippen LogP contribution in [-0.2, 0) is 11.2 Å². The molecule has 9 heteroatoms. The number of nitrogens with zero attached hydrogens (tertiary/aromatic N) is 2. The van der Waals surface area contributed by atoms with E-state index in [2.05, 4.69) is 9.98 Å². The fourth-order valence-electron chi connectivity index (χ4n) is 2.71. The molecule has 2 heterocycles. The van der Waals surface area contributed by atoms with Gasteiger partial charge in [0.25, 0.3) is 5.91 Å². The minimum atomic E-state index is -3.48.